The SMILES string of the molecule is CC(C)CN(C[C@@H](O)[C@H](Cc1ccc(OCCCI)cc1)NC(=O)O[C@H]1CO[C@H]2OCC[C@H]21)S(=O)(=O)c1ccc2c(c1)OCO2.CC(C)CN(C[C@@H](O)[C@H](Cc1ccc(OCCCNc2ccn[nH]2)cc1)NC(=O)O[C@@H]1CO[C@H]2OCC[C@H]21)S(=O)(=O)c1ccc2c(c1)OCO2.Nc1ccn[nH]1. The molecule has 0 aliphatic carbocycles. The van der Waals surface area contributed by atoms with E-state index < -0.39 is 75.0 Å². The molecule has 4 saturated heterocycles. The molecule has 552 valence electrons. The predicted molar refractivity (Wildman–Crippen MR) is 376 cm³/mol. The Kier molecular flexibility index (Phi) is 27.6. The van der Waals surface area contributed by atoms with Gasteiger partial charge in [0.25, 0.3) is 0 Å². The van der Waals surface area contributed by atoms with Crippen LogP contribution in [0.15, 0.2) is 119 Å². The topological polar surface area (TPSA) is 380 Å². The summed E-state index contributed by atoms with van der Waals surface area (Å²) in [4.78, 5) is 26.5. The molecule has 8 heterocycles. The van der Waals surface area contributed by atoms with Gasteiger partial charge in [0.15, 0.2) is 35.6 Å². The zero-order valence-electron chi connectivity index (χ0n) is 56.8. The Hall–Kier alpha value is -7.45. The zero-order chi connectivity index (χ0) is 71.5. The first-order valence-corrected chi connectivity index (χ1v) is 38.1. The highest BCUT2D eigenvalue weighted by Gasteiger charge is 2.46. The van der Waals surface area contributed by atoms with Crippen molar-refractivity contribution in [1.82, 2.24) is 39.6 Å². The van der Waals surface area contributed by atoms with Gasteiger partial charge in [0.05, 0.1) is 98.0 Å². The summed E-state index contributed by atoms with van der Waals surface area (Å²) < 4.78 is 126. The number of alkyl carbamates (subject to hydrolysis) is 2. The van der Waals surface area contributed by atoms with Crippen LogP contribution < -0.4 is 50.1 Å². The number of aliphatic hydroxyl groups is 2. The molecule has 0 saturated carbocycles. The number of alkyl halides is 1. The third-order valence-corrected chi connectivity index (χ3v) is 21.6. The number of fused-ring (bicyclic) bond motifs is 4. The number of halogens is 1. The zero-order valence-corrected chi connectivity index (χ0v) is 60.6. The van der Waals surface area contributed by atoms with E-state index in [1.165, 1.54) is 32.9 Å². The number of ether oxygens (including phenoxy) is 12. The number of nitrogens with one attached hydrogen (secondary N) is 5. The van der Waals surface area contributed by atoms with Gasteiger partial charge in [-0.2, -0.15) is 18.8 Å². The second kappa shape index (κ2) is 36.6. The number of aromatic nitrogens is 4. The van der Waals surface area contributed by atoms with Crippen LogP contribution in [0.1, 0.15) is 64.5 Å². The second-order valence-corrected chi connectivity index (χ2v) is 30.7. The Morgan fingerprint density at radius 3 is 1.48 bits per heavy atom. The Bertz CT molecular complexity index is 3790. The van der Waals surface area contributed by atoms with Gasteiger partial charge in [-0.25, -0.2) is 26.4 Å². The number of hydrogen-bond donors (Lipinski definition) is 8. The van der Waals surface area contributed by atoms with E-state index in [2.05, 4.69) is 58.9 Å². The molecule has 33 heteroatoms. The highest BCUT2D eigenvalue weighted by atomic mass is 127. The molecule has 4 aromatic carbocycles. The van der Waals surface area contributed by atoms with Crippen LogP contribution in [-0.2, 0) is 61.3 Å². The van der Waals surface area contributed by atoms with Gasteiger partial charge in [0.2, 0.25) is 33.6 Å². The lowest BCUT2D eigenvalue weighted by molar-refractivity contribution is -0.0909. The highest BCUT2D eigenvalue weighted by molar-refractivity contribution is 14.1. The van der Waals surface area contributed by atoms with Gasteiger partial charge >= 0.3 is 12.2 Å². The minimum absolute atomic E-state index is 0.00931. The minimum atomic E-state index is -4.07. The van der Waals surface area contributed by atoms with E-state index in [9.17, 15) is 36.6 Å². The number of nitrogen functional groups attached to an aromatic ring is 1. The third-order valence-electron chi connectivity index (χ3n) is 17.1. The number of sulfonamides is 2. The van der Waals surface area contributed by atoms with E-state index in [0.717, 1.165) is 46.4 Å². The van der Waals surface area contributed by atoms with Crippen molar-refractivity contribution in [2.75, 3.05) is 101 Å². The maximum Gasteiger partial charge on any atom is 0.407 e. The van der Waals surface area contributed by atoms with E-state index in [-0.39, 0.29) is 106 Å². The van der Waals surface area contributed by atoms with Crippen molar-refractivity contribution in [2.45, 2.75) is 125 Å². The first-order chi connectivity index (χ1) is 48.7. The second-order valence-electron chi connectivity index (χ2n) is 25.7. The molecule has 12 rings (SSSR count). The van der Waals surface area contributed by atoms with Crippen molar-refractivity contribution in [3.63, 3.8) is 0 Å². The van der Waals surface area contributed by atoms with Crippen LogP contribution in [0.2, 0.25) is 0 Å². The van der Waals surface area contributed by atoms with Crippen molar-refractivity contribution in [3.8, 4) is 34.5 Å². The van der Waals surface area contributed by atoms with Gasteiger partial charge in [-0.05, 0) is 122 Å². The third kappa shape index (κ3) is 21.6. The Morgan fingerprint density at radius 2 is 1.06 bits per heavy atom. The molecule has 6 aliphatic rings. The standard InChI is InChI=1S/C34H45N5O10S.C31H41IN2O10S.C3H5N3/c1-22(2)18-39(50(42,43)25-8-9-29-30(17-25)48-21-47-29)19-28(40)27(37-34(41)49-31-20-46-33-26(31)11-15-45-33)16-23-4-6-24(7-5-23)44-14-3-12-35-32-10-13-36-38-32;1-20(2)16-34(45(37,38)23-8-9-27-28(15-23)43-19-42-27)17-26(35)25(14-21-4-6-22(7-5-21)39-12-3-11-32)33-31(36)44-29-18-41-30-24(29)10-13-40-30;4-3-1-2-5-6-3/h4-10,13,17,22,26-28,31,33,40H,3,11-12,14-16,18-21H2,1-2H3,(H,37,41)(H2,35,36,38);4-9,15,20,24-26,29-30,35H,3,10-14,16-19H2,1-2H3,(H,33,36);1-2H,(H3,4,5,6)/t26-,27-,28+,31+,33+;24-,25-,26+,29-,30+;/m00./s1. The van der Waals surface area contributed by atoms with Crippen LogP contribution in [0.4, 0.5) is 21.2 Å². The monoisotopic (exact) mass is 1560 g/mol. The van der Waals surface area contributed by atoms with Crippen LogP contribution in [0.5, 0.6) is 34.5 Å². The van der Waals surface area contributed by atoms with Crippen LogP contribution in [0, 0.1) is 23.7 Å². The van der Waals surface area contributed by atoms with Gasteiger partial charge in [0, 0.05) is 49.3 Å². The quantitative estimate of drug-likeness (QED) is 0.0122. The predicted octanol–water partition coefficient (Wildman–Crippen LogP) is 6.84. The average molecular weight is 1560 g/mol. The lowest BCUT2D eigenvalue weighted by Crippen LogP contribution is -2.51. The summed E-state index contributed by atoms with van der Waals surface area (Å²) >= 11 is 2.30. The molecule has 0 spiro atoms. The van der Waals surface area contributed by atoms with Crippen LogP contribution in [0.25, 0.3) is 0 Å². The Labute approximate surface area is 601 Å². The maximum atomic E-state index is 13.9. The number of H-pyrrole nitrogens is 2. The lowest BCUT2D eigenvalue weighted by atomic mass is 10.0. The fourth-order valence-electron chi connectivity index (χ4n) is 12.0. The first kappa shape index (κ1) is 76.2. The van der Waals surface area contributed by atoms with Crippen LogP contribution in [0.3, 0.4) is 0 Å². The molecule has 6 aliphatic heterocycles. The number of carbonyl (C=O) groups is 2. The number of nitrogens with two attached hydrogens (primary N) is 1. The number of benzene rings is 4. The molecule has 4 fully saturated rings. The van der Waals surface area contributed by atoms with Crippen molar-refractivity contribution >= 4 is 66.5 Å². The van der Waals surface area contributed by atoms with Gasteiger partial charge in [-0.1, -0.05) is 74.6 Å². The maximum absolute atomic E-state index is 13.9. The summed E-state index contributed by atoms with van der Waals surface area (Å²) in [5, 5.41) is 45.0. The number of aliphatic hydroxyl groups excluding tert-OH is 2. The molecular weight excluding hydrogens is 1470 g/mol. The van der Waals surface area contributed by atoms with Gasteiger partial charge in [-0.15, -0.1) is 0 Å². The fourth-order valence-corrected chi connectivity index (χ4v) is 15.6. The van der Waals surface area contributed by atoms with Crippen molar-refractivity contribution in [1.29, 1.82) is 0 Å². The number of carbonyl (C=O) groups excluding carboxylic acids is 2. The average Bonchev–Trinajstić information content (AvgIpc) is 1.60. The molecule has 0 radical (unpaired) electrons. The van der Waals surface area contributed by atoms with E-state index in [4.69, 9.17) is 62.6 Å². The Balaban J connectivity index is 0.000000202. The molecule has 0 unspecified atom stereocenters. The lowest BCUT2D eigenvalue weighted by Gasteiger charge is -2.31. The minimum Gasteiger partial charge on any atom is -0.494 e. The van der Waals surface area contributed by atoms with Gasteiger partial charge in [-0.3, -0.25) is 10.2 Å². The molecule has 2 amide bonds. The molecule has 10 atom stereocenters. The van der Waals surface area contributed by atoms with Gasteiger partial charge in [0.1, 0.15) is 35.3 Å². The summed E-state index contributed by atoms with van der Waals surface area (Å²) in [6.45, 7) is 10.7. The first-order valence-electron chi connectivity index (χ1n) is 33.7. The number of nitrogens with zero attached hydrogens (tertiary/aromatic N) is 4. The Morgan fingerprint density at radius 1 is 0.604 bits per heavy atom. The van der Waals surface area contributed by atoms with Gasteiger partial charge < -0.3 is 88.7 Å². The molecule has 2 aromatic heterocycles. The van der Waals surface area contributed by atoms with Crippen LogP contribution in [-0.4, -0.2) is 208 Å². The normalized spacial score (nSPS) is 20.6. The number of amides is 2. The van der Waals surface area contributed by atoms with Crippen molar-refractivity contribution < 1.29 is 93.5 Å². The number of hydrogen-bond acceptors (Lipinski definition) is 24. The van der Waals surface area contributed by atoms with E-state index in [1.807, 2.05) is 82.3 Å². The summed E-state index contributed by atoms with van der Waals surface area (Å²) in [7, 11) is -8.12. The van der Waals surface area contributed by atoms with E-state index >= 15 is 0 Å². The molecule has 0 bridgehead atoms. The summed E-state index contributed by atoms with van der Waals surface area (Å²) in [5.41, 5.74) is 6.78. The summed E-state index contributed by atoms with van der Waals surface area (Å²) in [6.07, 6.45) is 1.08. The smallest absolute Gasteiger partial charge is 0.407 e. The molecule has 9 N–H and O–H groups in total. The number of rotatable bonds is 32. The van der Waals surface area contributed by atoms with Crippen molar-refractivity contribution in [2.24, 2.45) is 23.7 Å². The molecular formula is C68H91IN10O20S2. The van der Waals surface area contributed by atoms with E-state index in [1.54, 1.807) is 30.6 Å². The summed E-state index contributed by atoms with van der Waals surface area (Å²) in [5.74, 6) is 4.25. The molecule has 6 aromatic rings. The molecule has 101 heavy (non-hydrogen) atoms. The van der Waals surface area contributed by atoms with Crippen LogP contribution >= 0.6 is 22.6 Å². The largest absolute Gasteiger partial charge is 0.494 e. The number of aromatic amines is 2. The van der Waals surface area contributed by atoms with E-state index in [0.29, 0.717) is 74.0 Å². The highest BCUT2D eigenvalue weighted by Crippen LogP contribution is 2.38. The molecule has 30 nitrogen and oxygen atoms in total. The summed E-state index contributed by atoms with van der Waals surface area (Å²) in [6, 6.07) is 25.4. The fraction of sp³-hybridized carbons (Fsp3) is 0.529. The number of anilines is 2. The van der Waals surface area contributed by atoms with Crippen molar-refractivity contribution in [3.05, 3.63) is 121 Å².